The van der Waals surface area contributed by atoms with Crippen molar-refractivity contribution in [3.8, 4) is 11.5 Å². The lowest BCUT2D eigenvalue weighted by Gasteiger charge is -2.25. The van der Waals surface area contributed by atoms with Gasteiger partial charge in [-0.1, -0.05) is 47.7 Å². The number of hydrogen-bond acceptors (Lipinski definition) is 8. The molecular weight excluding hydrogens is 636 g/mol. The third kappa shape index (κ3) is 6.18. The Bertz CT molecular complexity index is 1930. The number of carbonyl (C=O) groups is 2. The van der Waals surface area contributed by atoms with Gasteiger partial charge in [0, 0.05) is 5.56 Å². The van der Waals surface area contributed by atoms with Crippen LogP contribution in [0.2, 0.25) is 0 Å². The summed E-state index contributed by atoms with van der Waals surface area (Å²) in [6.07, 6.45) is 1.77. The Hall–Kier alpha value is -4.48. The quantitative estimate of drug-likeness (QED) is 0.255. The van der Waals surface area contributed by atoms with E-state index in [2.05, 4.69) is 20.9 Å². The second-order valence-corrected chi connectivity index (χ2v) is 11.4. The Labute approximate surface area is 259 Å². The maximum absolute atomic E-state index is 13.9. The van der Waals surface area contributed by atoms with Gasteiger partial charge in [0.15, 0.2) is 4.80 Å². The molecule has 1 aliphatic heterocycles. The summed E-state index contributed by atoms with van der Waals surface area (Å²) in [6.45, 7) is 3.90. The summed E-state index contributed by atoms with van der Waals surface area (Å²) in [5.74, 6) is -0.392. The lowest BCUT2D eigenvalue weighted by Crippen LogP contribution is -2.40. The number of rotatable bonds is 9. The lowest BCUT2D eigenvalue weighted by molar-refractivity contribution is -0.139. The molecule has 0 fully saturated rings. The maximum atomic E-state index is 13.9. The van der Waals surface area contributed by atoms with Crippen molar-refractivity contribution in [1.29, 1.82) is 0 Å². The van der Waals surface area contributed by atoms with E-state index in [-0.39, 0.29) is 29.9 Å². The van der Waals surface area contributed by atoms with Crippen molar-refractivity contribution in [2.24, 2.45) is 4.99 Å². The minimum Gasteiger partial charge on any atom is -0.496 e. The molecule has 5 rings (SSSR count). The van der Waals surface area contributed by atoms with Crippen LogP contribution in [0.25, 0.3) is 6.08 Å². The van der Waals surface area contributed by atoms with Crippen LogP contribution in [0.1, 0.15) is 46.9 Å². The maximum Gasteiger partial charge on any atom is 0.338 e. The zero-order chi connectivity index (χ0) is 30.7. The fourth-order valence-electron chi connectivity index (χ4n) is 4.76. The van der Waals surface area contributed by atoms with E-state index in [0.29, 0.717) is 36.6 Å². The number of hydrogen-bond donors (Lipinski definition) is 1. The first kappa shape index (κ1) is 30.0. The number of methoxy groups -OCH3 is 1. The minimum absolute atomic E-state index is 0.185. The number of carboxylic acids is 1. The highest BCUT2D eigenvalue weighted by atomic mass is 79.9. The number of fused-ring (bicyclic) bond motifs is 1. The predicted octanol–water partition coefficient (Wildman–Crippen LogP) is 4.85. The average Bonchev–Trinajstić information content (AvgIpc) is 3.30. The second kappa shape index (κ2) is 12.8. The van der Waals surface area contributed by atoms with Gasteiger partial charge in [-0.15, -0.1) is 0 Å². The van der Waals surface area contributed by atoms with Crippen molar-refractivity contribution in [2.75, 3.05) is 13.7 Å². The number of esters is 1. The average molecular weight is 664 g/mol. The molecule has 0 saturated heterocycles. The molecule has 0 aliphatic carbocycles. The zero-order valence-electron chi connectivity index (χ0n) is 23.5. The van der Waals surface area contributed by atoms with Gasteiger partial charge in [-0.2, -0.15) is 0 Å². The van der Waals surface area contributed by atoms with Gasteiger partial charge in [-0.3, -0.25) is 9.36 Å². The number of nitrogens with zero attached hydrogens (tertiary/aromatic N) is 2. The lowest BCUT2D eigenvalue weighted by atomic mass is 9.95. The van der Waals surface area contributed by atoms with Crippen LogP contribution >= 0.6 is 27.3 Å². The molecule has 0 saturated carbocycles. The number of halogens is 1. The van der Waals surface area contributed by atoms with Crippen LogP contribution in [-0.2, 0) is 16.1 Å². The standard InChI is InChI=1S/C32H27BrN2O7S/c1-4-41-31(39)27-18(2)34-32-35(28(27)22-7-5-6-8-24(22)40-3)29(36)26(43-32)16-20-11-14-25(23(33)15-20)42-17-19-9-12-21(13-10-19)30(37)38/h5-16,28H,4,17H2,1-3H3,(H,37,38)/b26-16+/t28-/m0/s1. The summed E-state index contributed by atoms with van der Waals surface area (Å²) in [4.78, 5) is 43.2. The summed E-state index contributed by atoms with van der Waals surface area (Å²) in [5, 5.41) is 9.08. The predicted molar refractivity (Wildman–Crippen MR) is 165 cm³/mol. The van der Waals surface area contributed by atoms with Crippen molar-refractivity contribution in [3.63, 3.8) is 0 Å². The molecule has 1 aromatic heterocycles. The van der Waals surface area contributed by atoms with Gasteiger partial charge in [0.2, 0.25) is 0 Å². The number of para-hydroxylation sites is 1. The first-order valence-electron chi connectivity index (χ1n) is 13.3. The third-order valence-electron chi connectivity index (χ3n) is 6.80. The van der Waals surface area contributed by atoms with Crippen LogP contribution < -0.4 is 24.4 Å². The van der Waals surface area contributed by atoms with E-state index in [1.54, 1.807) is 51.3 Å². The molecule has 220 valence electrons. The fourth-order valence-corrected chi connectivity index (χ4v) is 6.32. The summed E-state index contributed by atoms with van der Waals surface area (Å²) >= 11 is 4.78. The monoisotopic (exact) mass is 662 g/mol. The number of aromatic carboxylic acids is 1. The third-order valence-corrected chi connectivity index (χ3v) is 8.40. The summed E-state index contributed by atoms with van der Waals surface area (Å²) in [5.41, 5.74) is 2.90. The molecule has 9 nitrogen and oxygen atoms in total. The van der Waals surface area contributed by atoms with E-state index < -0.39 is 18.0 Å². The Morgan fingerprint density at radius 3 is 2.51 bits per heavy atom. The van der Waals surface area contributed by atoms with Gasteiger partial charge in [-0.05, 0) is 77.3 Å². The molecule has 11 heteroatoms. The van der Waals surface area contributed by atoms with Gasteiger partial charge in [0.1, 0.15) is 24.1 Å². The first-order valence-corrected chi connectivity index (χ1v) is 14.9. The molecule has 1 N–H and O–H groups in total. The van der Waals surface area contributed by atoms with E-state index >= 15 is 0 Å². The molecule has 2 heterocycles. The molecule has 0 spiro atoms. The number of allylic oxidation sites excluding steroid dienone is 1. The molecule has 1 atom stereocenters. The van der Waals surface area contributed by atoms with Gasteiger partial charge < -0.3 is 19.3 Å². The van der Waals surface area contributed by atoms with Crippen LogP contribution in [0.4, 0.5) is 0 Å². The minimum atomic E-state index is -0.983. The highest BCUT2D eigenvalue weighted by Crippen LogP contribution is 2.35. The Morgan fingerprint density at radius 1 is 1.09 bits per heavy atom. The smallest absolute Gasteiger partial charge is 0.338 e. The Morgan fingerprint density at radius 2 is 1.84 bits per heavy atom. The van der Waals surface area contributed by atoms with Crippen molar-refractivity contribution in [2.45, 2.75) is 26.5 Å². The number of thiazole rings is 1. The number of carboxylic acid groups (broad SMARTS) is 1. The highest BCUT2D eigenvalue weighted by Gasteiger charge is 2.34. The SMILES string of the molecule is CCOC(=O)C1=C(C)N=c2s/c(=C/c3ccc(OCc4ccc(C(=O)O)cc4)c(Br)c3)c(=O)n2[C@H]1c1ccccc1OC. The number of ether oxygens (including phenoxy) is 3. The van der Waals surface area contributed by atoms with Gasteiger partial charge >= 0.3 is 11.9 Å². The molecule has 43 heavy (non-hydrogen) atoms. The topological polar surface area (TPSA) is 116 Å². The molecule has 4 aromatic rings. The molecule has 0 unspecified atom stereocenters. The highest BCUT2D eigenvalue weighted by molar-refractivity contribution is 9.10. The molecular formula is C32H27BrN2O7S. The van der Waals surface area contributed by atoms with Crippen molar-refractivity contribution < 1.29 is 28.9 Å². The zero-order valence-corrected chi connectivity index (χ0v) is 25.9. The van der Waals surface area contributed by atoms with Crippen LogP contribution in [0, 0.1) is 0 Å². The molecule has 0 bridgehead atoms. The number of aromatic nitrogens is 1. The van der Waals surface area contributed by atoms with Crippen LogP contribution in [0.15, 0.2) is 92.3 Å². The van der Waals surface area contributed by atoms with Crippen molar-refractivity contribution in [1.82, 2.24) is 4.57 Å². The summed E-state index contributed by atoms with van der Waals surface area (Å²) in [7, 11) is 1.55. The Kier molecular flexibility index (Phi) is 8.93. The first-order chi connectivity index (χ1) is 20.7. The van der Waals surface area contributed by atoms with E-state index in [9.17, 15) is 14.4 Å². The molecule has 0 amide bonds. The summed E-state index contributed by atoms with van der Waals surface area (Å²) in [6, 6.07) is 18.4. The van der Waals surface area contributed by atoms with E-state index in [1.807, 2.05) is 30.3 Å². The van der Waals surface area contributed by atoms with Gasteiger partial charge in [0.25, 0.3) is 5.56 Å². The van der Waals surface area contributed by atoms with Crippen molar-refractivity contribution >= 4 is 45.3 Å². The van der Waals surface area contributed by atoms with Crippen LogP contribution in [-0.4, -0.2) is 35.3 Å². The van der Waals surface area contributed by atoms with Crippen LogP contribution in [0.5, 0.6) is 11.5 Å². The van der Waals surface area contributed by atoms with E-state index in [1.165, 1.54) is 28.0 Å². The fraction of sp³-hybridized carbons (Fsp3) is 0.188. The summed E-state index contributed by atoms with van der Waals surface area (Å²) < 4.78 is 19.5. The normalized spacial score (nSPS) is 14.6. The number of benzene rings is 3. The van der Waals surface area contributed by atoms with E-state index in [0.717, 1.165) is 11.1 Å². The number of carbonyl (C=O) groups excluding carboxylic acids is 1. The largest absolute Gasteiger partial charge is 0.496 e. The second-order valence-electron chi connectivity index (χ2n) is 9.52. The molecule has 3 aromatic carbocycles. The molecule has 1 aliphatic rings. The Balaban J connectivity index is 1.50. The van der Waals surface area contributed by atoms with Crippen LogP contribution in [0.3, 0.4) is 0 Å². The van der Waals surface area contributed by atoms with Crippen molar-refractivity contribution in [3.05, 3.63) is 124 Å². The van der Waals surface area contributed by atoms with Gasteiger partial charge in [0.05, 0.1) is 39.6 Å². The van der Waals surface area contributed by atoms with E-state index in [4.69, 9.17) is 19.3 Å². The van der Waals surface area contributed by atoms with Gasteiger partial charge in [-0.25, -0.2) is 14.6 Å². The molecule has 0 radical (unpaired) electrons.